The number of rotatable bonds is 6. The van der Waals surface area contributed by atoms with Crippen molar-refractivity contribution in [2.75, 3.05) is 19.8 Å². The third-order valence-electron chi connectivity index (χ3n) is 3.41. The van der Waals surface area contributed by atoms with Gasteiger partial charge in [0.05, 0.1) is 6.61 Å². The molecule has 2 rings (SSSR count). The van der Waals surface area contributed by atoms with E-state index in [1.165, 1.54) is 5.56 Å². The molecule has 1 aromatic rings. The highest BCUT2D eigenvalue weighted by Gasteiger charge is 2.32. The summed E-state index contributed by atoms with van der Waals surface area (Å²) in [5.74, 6) is -0.00347. The molecule has 1 amide bonds. The van der Waals surface area contributed by atoms with Crippen LogP contribution >= 0.6 is 0 Å². The number of nitrogens with one attached hydrogen (secondary N) is 1. The van der Waals surface area contributed by atoms with E-state index < -0.39 is 5.60 Å². The summed E-state index contributed by atoms with van der Waals surface area (Å²) in [6.07, 6.45) is 2.82. The van der Waals surface area contributed by atoms with Gasteiger partial charge in [-0.25, -0.2) is 0 Å². The second-order valence-electron chi connectivity index (χ2n) is 5.14. The molecule has 4 heteroatoms. The number of ether oxygens (including phenoxy) is 1. The van der Waals surface area contributed by atoms with Gasteiger partial charge in [0, 0.05) is 26.0 Å². The van der Waals surface area contributed by atoms with E-state index in [0.717, 1.165) is 12.8 Å². The van der Waals surface area contributed by atoms with Gasteiger partial charge in [0.1, 0.15) is 5.60 Å². The van der Waals surface area contributed by atoms with Gasteiger partial charge >= 0.3 is 0 Å². The SMILES string of the molecule is O=C(CCCc1ccccc1)NCC1(O)CCOC1. The molecule has 0 aromatic heterocycles. The fourth-order valence-electron chi connectivity index (χ4n) is 2.19. The van der Waals surface area contributed by atoms with E-state index in [1.54, 1.807) is 0 Å². The first-order valence-corrected chi connectivity index (χ1v) is 6.79. The molecule has 1 atom stereocenters. The van der Waals surface area contributed by atoms with E-state index in [1.807, 2.05) is 18.2 Å². The fraction of sp³-hybridized carbons (Fsp3) is 0.533. The van der Waals surface area contributed by atoms with Crippen molar-refractivity contribution in [2.24, 2.45) is 0 Å². The topological polar surface area (TPSA) is 58.6 Å². The standard InChI is InChI=1S/C15H21NO3/c17-14(16-11-15(18)9-10-19-12-15)8-4-7-13-5-2-1-3-6-13/h1-3,5-6,18H,4,7-12H2,(H,16,17). The van der Waals surface area contributed by atoms with E-state index in [0.29, 0.717) is 26.1 Å². The van der Waals surface area contributed by atoms with Crippen LogP contribution in [0, 0.1) is 0 Å². The summed E-state index contributed by atoms with van der Waals surface area (Å²) < 4.78 is 5.13. The maximum Gasteiger partial charge on any atom is 0.220 e. The van der Waals surface area contributed by atoms with Gasteiger partial charge in [0.15, 0.2) is 0 Å². The predicted molar refractivity (Wildman–Crippen MR) is 72.8 cm³/mol. The first-order chi connectivity index (χ1) is 9.18. The van der Waals surface area contributed by atoms with Crippen molar-refractivity contribution in [1.82, 2.24) is 5.32 Å². The Balaban J connectivity index is 1.62. The zero-order valence-electron chi connectivity index (χ0n) is 11.1. The monoisotopic (exact) mass is 263 g/mol. The molecule has 1 aliphatic heterocycles. The molecule has 19 heavy (non-hydrogen) atoms. The molecule has 1 heterocycles. The van der Waals surface area contributed by atoms with Gasteiger partial charge in [-0.3, -0.25) is 4.79 Å². The number of carbonyl (C=O) groups is 1. The largest absolute Gasteiger partial charge is 0.386 e. The molecule has 1 unspecified atom stereocenters. The van der Waals surface area contributed by atoms with Crippen LogP contribution in [0.5, 0.6) is 0 Å². The van der Waals surface area contributed by atoms with Crippen LogP contribution in [0.1, 0.15) is 24.8 Å². The Labute approximate surface area is 113 Å². The molecule has 0 bridgehead atoms. The molecule has 1 aromatic carbocycles. The van der Waals surface area contributed by atoms with E-state index in [4.69, 9.17) is 4.74 Å². The molecule has 0 saturated carbocycles. The molecular weight excluding hydrogens is 242 g/mol. The first kappa shape index (κ1) is 14.0. The lowest BCUT2D eigenvalue weighted by Gasteiger charge is -2.20. The van der Waals surface area contributed by atoms with Crippen LogP contribution in [0.15, 0.2) is 30.3 Å². The lowest BCUT2D eigenvalue weighted by molar-refractivity contribution is -0.122. The summed E-state index contributed by atoms with van der Waals surface area (Å²) in [5, 5.41) is 12.8. The Kier molecular flexibility index (Phi) is 4.93. The maximum atomic E-state index is 11.7. The van der Waals surface area contributed by atoms with Gasteiger partial charge in [0.25, 0.3) is 0 Å². The minimum absolute atomic E-state index is 0.00347. The predicted octanol–water partition coefficient (Wildman–Crippen LogP) is 1.28. The lowest BCUT2D eigenvalue weighted by atomic mass is 10.0. The first-order valence-electron chi connectivity index (χ1n) is 6.79. The van der Waals surface area contributed by atoms with Crippen LogP contribution in [0.4, 0.5) is 0 Å². The van der Waals surface area contributed by atoms with Crippen LogP contribution < -0.4 is 5.32 Å². The summed E-state index contributed by atoms with van der Waals surface area (Å²) in [7, 11) is 0. The quantitative estimate of drug-likeness (QED) is 0.813. The summed E-state index contributed by atoms with van der Waals surface area (Å²) >= 11 is 0. The van der Waals surface area contributed by atoms with Crippen molar-refractivity contribution >= 4 is 5.91 Å². The molecule has 1 aliphatic rings. The Morgan fingerprint density at radius 1 is 1.37 bits per heavy atom. The Hall–Kier alpha value is -1.39. The Morgan fingerprint density at radius 3 is 2.84 bits per heavy atom. The van der Waals surface area contributed by atoms with Crippen LogP contribution in [-0.2, 0) is 16.0 Å². The third-order valence-corrected chi connectivity index (χ3v) is 3.41. The smallest absolute Gasteiger partial charge is 0.220 e. The number of carbonyl (C=O) groups excluding carboxylic acids is 1. The molecule has 1 saturated heterocycles. The van der Waals surface area contributed by atoms with Crippen LogP contribution in [0.25, 0.3) is 0 Å². The van der Waals surface area contributed by atoms with Crippen molar-refractivity contribution in [1.29, 1.82) is 0 Å². The normalized spacial score (nSPS) is 22.4. The fourth-order valence-corrected chi connectivity index (χ4v) is 2.19. The molecular formula is C15H21NO3. The van der Waals surface area contributed by atoms with Crippen molar-refractivity contribution in [3.05, 3.63) is 35.9 Å². The van der Waals surface area contributed by atoms with Gasteiger partial charge in [-0.2, -0.15) is 0 Å². The average Bonchev–Trinajstić information content (AvgIpc) is 2.85. The second kappa shape index (κ2) is 6.68. The molecule has 0 aliphatic carbocycles. The van der Waals surface area contributed by atoms with Crippen LogP contribution in [0.2, 0.25) is 0 Å². The number of aryl methyl sites for hydroxylation is 1. The summed E-state index contributed by atoms with van der Waals surface area (Å²) in [4.78, 5) is 11.7. The number of aliphatic hydroxyl groups is 1. The molecule has 104 valence electrons. The summed E-state index contributed by atoms with van der Waals surface area (Å²) in [5.41, 5.74) is 0.382. The highest BCUT2D eigenvalue weighted by molar-refractivity contribution is 5.75. The summed E-state index contributed by atoms with van der Waals surface area (Å²) in [6, 6.07) is 10.1. The molecule has 2 N–H and O–H groups in total. The zero-order valence-corrected chi connectivity index (χ0v) is 11.1. The van der Waals surface area contributed by atoms with E-state index in [2.05, 4.69) is 17.4 Å². The number of hydrogen-bond acceptors (Lipinski definition) is 3. The average molecular weight is 263 g/mol. The number of benzene rings is 1. The van der Waals surface area contributed by atoms with Gasteiger partial charge in [-0.15, -0.1) is 0 Å². The third kappa shape index (κ3) is 4.65. The van der Waals surface area contributed by atoms with Gasteiger partial charge < -0.3 is 15.2 Å². The molecule has 0 spiro atoms. The van der Waals surface area contributed by atoms with E-state index in [9.17, 15) is 9.90 Å². The van der Waals surface area contributed by atoms with E-state index >= 15 is 0 Å². The highest BCUT2D eigenvalue weighted by atomic mass is 16.5. The molecule has 4 nitrogen and oxygen atoms in total. The second-order valence-corrected chi connectivity index (χ2v) is 5.14. The minimum atomic E-state index is -0.866. The lowest BCUT2D eigenvalue weighted by Crippen LogP contribution is -2.43. The maximum absolute atomic E-state index is 11.7. The van der Waals surface area contributed by atoms with Crippen molar-refractivity contribution in [3.63, 3.8) is 0 Å². The number of amides is 1. The Bertz CT molecular complexity index is 399. The minimum Gasteiger partial charge on any atom is -0.386 e. The van der Waals surface area contributed by atoms with E-state index in [-0.39, 0.29) is 12.5 Å². The van der Waals surface area contributed by atoms with Crippen molar-refractivity contribution < 1.29 is 14.6 Å². The highest BCUT2D eigenvalue weighted by Crippen LogP contribution is 2.16. The van der Waals surface area contributed by atoms with Gasteiger partial charge in [0.2, 0.25) is 5.91 Å². The van der Waals surface area contributed by atoms with Crippen molar-refractivity contribution in [2.45, 2.75) is 31.3 Å². The van der Waals surface area contributed by atoms with Crippen molar-refractivity contribution in [3.8, 4) is 0 Å². The number of hydrogen-bond donors (Lipinski definition) is 2. The van der Waals surface area contributed by atoms with Gasteiger partial charge in [-0.05, 0) is 18.4 Å². The van der Waals surface area contributed by atoms with Crippen LogP contribution in [-0.4, -0.2) is 36.4 Å². The molecule has 0 radical (unpaired) electrons. The zero-order chi connectivity index (χ0) is 13.6. The summed E-state index contributed by atoms with van der Waals surface area (Å²) in [6.45, 7) is 1.18. The Morgan fingerprint density at radius 2 is 2.16 bits per heavy atom. The molecule has 1 fully saturated rings. The van der Waals surface area contributed by atoms with Gasteiger partial charge in [-0.1, -0.05) is 30.3 Å². The van der Waals surface area contributed by atoms with Crippen LogP contribution in [0.3, 0.4) is 0 Å².